The molecule has 0 bridgehead atoms. The molecule has 2 aliphatic heterocycles. The van der Waals surface area contributed by atoms with Crippen LogP contribution in [0.15, 0.2) is 42.5 Å². The van der Waals surface area contributed by atoms with Crippen molar-refractivity contribution >= 4 is 29.4 Å². The van der Waals surface area contributed by atoms with Gasteiger partial charge in [0.2, 0.25) is 5.91 Å². The molecular weight excluding hydrogens is 464 g/mol. The van der Waals surface area contributed by atoms with Crippen LogP contribution < -0.4 is 20.1 Å². The largest absolute Gasteiger partial charge is 0.490 e. The topological polar surface area (TPSA) is 117 Å². The number of nitrogens with zero attached hydrogens (tertiary/aromatic N) is 2. The number of imide groups is 1. The van der Waals surface area contributed by atoms with Crippen molar-refractivity contribution in [3.05, 3.63) is 53.6 Å². The first-order valence-corrected chi connectivity index (χ1v) is 12.0. The van der Waals surface area contributed by atoms with E-state index in [0.29, 0.717) is 54.6 Å². The molecule has 0 unspecified atom stereocenters. The summed E-state index contributed by atoms with van der Waals surface area (Å²) in [5.41, 5.74) is -0.00199. The van der Waals surface area contributed by atoms with Crippen LogP contribution in [0.4, 0.5) is 10.5 Å². The number of carbonyl (C=O) groups is 4. The normalized spacial score (nSPS) is 18.9. The summed E-state index contributed by atoms with van der Waals surface area (Å²) < 4.78 is 11.4. The van der Waals surface area contributed by atoms with Crippen LogP contribution in [0.1, 0.15) is 43.1 Å². The van der Waals surface area contributed by atoms with Gasteiger partial charge in [0.05, 0.1) is 13.2 Å². The molecule has 1 atom stereocenters. The van der Waals surface area contributed by atoms with Crippen molar-refractivity contribution in [1.29, 1.82) is 0 Å². The van der Waals surface area contributed by atoms with Gasteiger partial charge in [-0.1, -0.05) is 12.1 Å². The number of ether oxygens (including phenoxy) is 2. The number of benzene rings is 2. The van der Waals surface area contributed by atoms with Crippen LogP contribution in [0.5, 0.6) is 11.5 Å². The SMILES string of the molecule is CCN(CC)C(=O)c1cccc(NC(=O)CN2C(=O)N[C@](C)(c3ccc4c(c3)OCCCO4)C2=O)c1. The first-order valence-electron chi connectivity index (χ1n) is 12.0. The van der Waals surface area contributed by atoms with Crippen molar-refractivity contribution in [2.75, 3.05) is 38.2 Å². The van der Waals surface area contributed by atoms with Crippen LogP contribution in [0.2, 0.25) is 0 Å². The molecule has 0 spiro atoms. The molecule has 5 amide bonds. The van der Waals surface area contributed by atoms with Gasteiger partial charge in [-0.25, -0.2) is 4.79 Å². The fourth-order valence-electron chi connectivity index (χ4n) is 4.28. The third kappa shape index (κ3) is 4.84. The summed E-state index contributed by atoms with van der Waals surface area (Å²) in [6.45, 7) is 7.07. The van der Waals surface area contributed by atoms with E-state index in [9.17, 15) is 19.2 Å². The Morgan fingerprint density at radius 3 is 2.50 bits per heavy atom. The minimum atomic E-state index is -1.36. The molecule has 4 rings (SSSR count). The lowest BCUT2D eigenvalue weighted by atomic mass is 9.91. The number of anilines is 1. The second-order valence-electron chi connectivity index (χ2n) is 8.76. The summed E-state index contributed by atoms with van der Waals surface area (Å²) in [5, 5.41) is 5.37. The third-order valence-corrected chi connectivity index (χ3v) is 6.35. The number of rotatable bonds is 7. The number of urea groups is 1. The Morgan fingerprint density at radius 2 is 1.78 bits per heavy atom. The summed E-state index contributed by atoms with van der Waals surface area (Å²) in [5.74, 6) is -0.175. The fourth-order valence-corrected chi connectivity index (χ4v) is 4.28. The van der Waals surface area contributed by atoms with Crippen LogP contribution in [0, 0.1) is 0 Å². The molecule has 10 nitrogen and oxygen atoms in total. The number of amides is 5. The highest BCUT2D eigenvalue weighted by atomic mass is 16.5. The molecule has 36 heavy (non-hydrogen) atoms. The van der Waals surface area contributed by atoms with E-state index >= 15 is 0 Å². The highest BCUT2D eigenvalue weighted by Gasteiger charge is 2.49. The molecule has 10 heteroatoms. The Hall–Kier alpha value is -4.08. The summed E-state index contributed by atoms with van der Waals surface area (Å²) in [7, 11) is 0. The maximum absolute atomic E-state index is 13.3. The zero-order valence-electron chi connectivity index (χ0n) is 20.6. The van der Waals surface area contributed by atoms with Gasteiger partial charge < -0.3 is 25.0 Å². The van der Waals surface area contributed by atoms with Crippen molar-refractivity contribution in [2.45, 2.75) is 32.7 Å². The molecule has 0 saturated carbocycles. The molecule has 2 heterocycles. The summed E-state index contributed by atoms with van der Waals surface area (Å²) >= 11 is 0. The Kier molecular flexibility index (Phi) is 7.14. The first kappa shape index (κ1) is 25.0. The van der Waals surface area contributed by atoms with Crippen LogP contribution in [-0.2, 0) is 15.1 Å². The van der Waals surface area contributed by atoms with E-state index in [1.165, 1.54) is 0 Å². The van der Waals surface area contributed by atoms with Gasteiger partial charge >= 0.3 is 6.03 Å². The molecule has 0 radical (unpaired) electrons. The number of fused-ring (bicyclic) bond motifs is 1. The molecule has 2 aromatic rings. The average Bonchev–Trinajstić information content (AvgIpc) is 3.02. The lowest BCUT2D eigenvalue weighted by Gasteiger charge is -2.23. The highest BCUT2D eigenvalue weighted by Crippen LogP contribution is 2.36. The van der Waals surface area contributed by atoms with Crippen molar-refractivity contribution in [3.63, 3.8) is 0 Å². The first-order chi connectivity index (χ1) is 17.3. The maximum atomic E-state index is 13.3. The smallest absolute Gasteiger partial charge is 0.325 e. The lowest BCUT2D eigenvalue weighted by molar-refractivity contribution is -0.133. The quantitative estimate of drug-likeness (QED) is 0.572. The summed E-state index contributed by atoms with van der Waals surface area (Å²) in [4.78, 5) is 53.9. The highest BCUT2D eigenvalue weighted by molar-refractivity contribution is 6.10. The van der Waals surface area contributed by atoms with Crippen LogP contribution in [0.25, 0.3) is 0 Å². The molecule has 2 N–H and O–H groups in total. The second kappa shape index (κ2) is 10.3. The van der Waals surface area contributed by atoms with Crippen molar-refractivity contribution in [2.24, 2.45) is 0 Å². The van der Waals surface area contributed by atoms with Gasteiger partial charge in [0.15, 0.2) is 11.5 Å². The third-order valence-electron chi connectivity index (χ3n) is 6.35. The van der Waals surface area contributed by atoms with Gasteiger partial charge in [0, 0.05) is 30.8 Å². The van der Waals surface area contributed by atoms with E-state index in [1.807, 2.05) is 13.8 Å². The van der Waals surface area contributed by atoms with Crippen LogP contribution in [0.3, 0.4) is 0 Å². The number of hydrogen-bond donors (Lipinski definition) is 2. The summed E-state index contributed by atoms with van der Waals surface area (Å²) in [6.07, 6.45) is 0.742. The minimum Gasteiger partial charge on any atom is -0.490 e. The molecule has 0 aromatic heterocycles. The monoisotopic (exact) mass is 494 g/mol. The van der Waals surface area contributed by atoms with Crippen molar-refractivity contribution < 1.29 is 28.7 Å². The van der Waals surface area contributed by atoms with E-state index < -0.39 is 29.9 Å². The molecule has 2 aromatic carbocycles. The van der Waals surface area contributed by atoms with E-state index in [0.717, 1.165) is 11.3 Å². The van der Waals surface area contributed by atoms with Gasteiger partial charge in [-0.3, -0.25) is 19.3 Å². The zero-order chi connectivity index (χ0) is 25.9. The Labute approximate surface area is 209 Å². The van der Waals surface area contributed by atoms with Gasteiger partial charge in [-0.2, -0.15) is 0 Å². The standard InChI is InChI=1S/C26H30N4O6/c1-4-29(5-2)23(32)17-8-6-9-19(14-17)27-22(31)16-30-24(33)26(3,28-25(30)34)18-10-11-20-21(15-18)36-13-7-12-35-20/h6,8-11,14-15H,4-5,7,12-13,16H2,1-3H3,(H,27,31)(H,28,34)/t26-/m1/s1. The van der Waals surface area contributed by atoms with Crippen molar-refractivity contribution in [1.82, 2.24) is 15.1 Å². The second-order valence-corrected chi connectivity index (χ2v) is 8.76. The fraction of sp³-hybridized carbons (Fsp3) is 0.385. The average molecular weight is 495 g/mol. The molecule has 1 fully saturated rings. The molecule has 190 valence electrons. The van der Waals surface area contributed by atoms with E-state index in [-0.39, 0.29) is 5.91 Å². The lowest BCUT2D eigenvalue weighted by Crippen LogP contribution is -2.42. The Balaban J connectivity index is 1.46. The molecule has 2 aliphatic rings. The van der Waals surface area contributed by atoms with E-state index in [4.69, 9.17) is 9.47 Å². The van der Waals surface area contributed by atoms with Gasteiger partial charge in [-0.15, -0.1) is 0 Å². The zero-order valence-corrected chi connectivity index (χ0v) is 20.6. The van der Waals surface area contributed by atoms with Gasteiger partial charge in [0.1, 0.15) is 12.1 Å². The van der Waals surface area contributed by atoms with Gasteiger partial charge in [-0.05, 0) is 56.7 Å². The molecular formula is C26H30N4O6. The van der Waals surface area contributed by atoms with E-state index in [2.05, 4.69) is 10.6 Å². The Morgan fingerprint density at radius 1 is 1.06 bits per heavy atom. The van der Waals surface area contributed by atoms with Crippen LogP contribution >= 0.6 is 0 Å². The minimum absolute atomic E-state index is 0.143. The van der Waals surface area contributed by atoms with Crippen molar-refractivity contribution in [3.8, 4) is 11.5 Å². The van der Waals surface area contributed by atoms with E-state index in [1.54, 1.807) is 54.3 Å². The number of nitrogens with one attached hydrogen (secondary N) is 2. The Bertz CT molecular complexity index is 1190. The molecule has 0 aliphatic carbocycles. The van der Waals surface area contributed by atoms with Gasteiger partial charge in [0.25, 0.3) is 11.8 Å². The van der Waals surface area contributed by atoms with Crippen LogP contribution in [-0.4, -0.2) is 66.4 Å². The number of carbonyl (C=O) groups excluding carboxylic acids is 4. The number of hydrogen-bond acceptors (Lipinski definition) is 6. The summed E-state index contributed by atoms with van der Waals surface area (Å²) in [6, 6.07) is 11.0. The molecule has 1 saturated heterocycles. The predicted molar refractivity (Wildman–Crippen MR) is 132 cm³/mol. The maximum Gasteiger partial charge on any atom is 0.325 e. The predicted octanol–water partition coefficient (Wildman–Crippen LogP) is 2.74.